The van der Waals surface area contributed by atoms with E-state index < -0.39 is 0 Å². The van der Waals surface area contributed by atoms with Gasteiger partial charge in [-0.2, -0.15) is 4.98 Å². The fraction of sp³-hybridized carbons (Fsp3) is 0.526. The largest absolute Gasteiger partial charge is 0.383 e. The van der Waals surface area contributed by atoms with Crippen LogP contribution in [0.2, 0.25) is 5.02 Å². The lowest BCUT2D eigenvalue weighted by atomic mass is 10.1. The van der Waals surface area contributed by atoms with Gasteiger partial charge in [-0.15, -0.1) is 0 Å². The maximum absolute atomic E-state index is 12.5. The number of hydrogen-bond acceptors (Lipinski definition) is 6. The summed E-state index contributed by atoms with van der Waals surface area (Å²) >= 11 is 6.00. The van der Waals surface area contributed by atoms with Gasteiger partial charge in [0.25, 0.3) is 0 Å². The summed E-state index contributed by atoms with van der Waals surface area (Å²) in [6.07, 6.45) is 3.76. The molecule has 8 heteroatoms. The molecule has 0 bridgehead atoms. The highest BCUT2D eigenvalue weighted by molar-refractivity contribution is 6.30. The van der Waals surface area contributed by atoms with Gasteiger partial charge >= 0.3 is 0 Å². The van der Waals surface area contributed by atoms with E-state index in [0.717, 1.165) is 24.8 Å². The summed E-state index contributed by atoms with van der Waals surface area (Å²) in [5.74, 6) is 1.09. The molecule has 0 saturated heterocycles. The van der Waals surface area contributed by atoms with Crippen molar-refractivity contribution in [2.75, 3.05) is 33.4 Å². The number of halogens is 1. The molecule has 0 aliphatic heterocycles. The topological polar surface area (TPSA) is 94.5 Å². The number of benzene rings is 1. The van der Waals surface area contributed by atoms with Crippen molar-refractivity contribution in [3.05, 3.63) is 35.2 Å². The summed E-state index contributed by atoms with van der Waals surface area (Å²) in [5.41, 5.74) is 6.29. The normalized spacial score (nSPS) is 10.9. The Labute approximate surface area is 164 Å². The van der Waals surface area contributed by atoms with Gasteiger partial charge in [-0.25, -0.2) is 0 Å². The molecule has 0 aliphatic carbocycles. The molecule has 0 spiro atoms. The van der Waals surface area contributed by atoms with Crippen LogP contribution in [-0.2, 0) is 16.0 Å². The molecule has 1 amide bonds. The van der Waals surface area contributed by atoms with Gasteiger partial charge in [0.2, 0.25) is 17.6 Å². The van der Waals surface area contributed by atoms with E-state index in [1.165, 1.54) is 0 Å². The number of rotatable bonds is 12. The van der Waals surface area contributed by atoms with E-state index in [2.05, 4.69) is 10.1 Å². The van der Waals surface area contributed by atoms with Gasteiger partial charge in [0.15, 0.2) is 0 Å². The second-order valence-electron chi connectivity index (χ2n) is 6.24. The smallest absolute Gasteiger partial charge is 0.228 e. The molecule has 27 heavy (non-hydrogen) atoms. The minimum atomic E-state index is 0.110. The van der Waals surface area contributed by atoms with E-state index in [1.807, 2.05) is 12.1 Å². The monoisotopic (exact) mass is 394 g/mol. The van der Waals surface area contributed by atoms with E-state index in [1.54, 1.807) is 24.1 Å². The summed E-state index contributed by atoms with van der Waals surface area (Å²) in [6, 6.07) is 7.28. The number of hydrogen-bond donors (Lipinski definition) is 1. The molecule has 1 aromatic carbocycles. The molecular weight excluding hydrogens is 368 g/mol. The van der Waals surface area contributed by atoms with Gasteiger partial charge in [0, 0.05) is 43.6 Å². The van der Waals surface area contributed by atoms with E-state index >= 15 is 0 Å². The van der Waals surface area contributed by atoms with Gasteiger partial charge in [0.05, 0.1) is 6.61 Å². The van der Waals surface area contributed by atoms with E-state index in [-0.39, 0.29) is 5.91 Å². The first-order chi connectivity index (χ1) is 13.1. The first-order valence-corrected chi connectivity index (χ1v) is 9.57. The van der Waals surface area contributed by atoms with Gasteiger partial charge in [-0.05, 0) is 31.5 Å². The van der Waals surface area contributed by atoms with E-state index in [0.29, 0.717) is 55.8 Å². The molecule has 2 aromatic rings. The maximum Gasteiger partial charge on any atom is 0.228 e. The predicted molar refractivity (Wildman–Crippen MR) is 104 cm³/mol. The van der Waals surface area contributed by atoms with Gasteiger partial charge < -0.3 is 19.9 Å². The molecular formula is C19H27ClN4O3. The summed E-state index contributed by atoms with van der Waals surface area (Å²) in [6.45, 7) is 2.21. The zero-order valence-electron chi connectivity index (χ0n) is 15.7. The summed E-state index contributed by atoms with van der Waals surface area (Å²) in [7, 11) is 1.62. The SMILES string of the molecule is COCCN(CCc1nc(-c2cccc(Cl)c2)no1)C(=O)CCCCCN. The number of nitrogens with zero attached hydrogens (tertiary/aromatic N) is 3. The zero-order valence-corrected chi connectivity index (χ0v) is 16.5. The number of amides is 1. The number of unbranched alkanes of at least 4 members (excludes halogenated alkanes) is 2. The average Bonchev–Trinajstić information content (AvgIpc) is 3.14. The predicted octanol–water partition coefficient (Wildman–Crippen LogP) is 2.93. The van der Waals surface area contributed by atoms with Crippen LogP contribution in [0, 0.1) is 0 Å². The van der Waals surface area contributed by atoms with Crippen molar-refractivity contribution in [2.45, 2.75) is 32.1 Å². The van der Waals surface area contributed by atoms with Crippen molar-refractivity contribution in [2.24, 2.45) is 5.73 Å². The third-order valence-corrected chi connectivity index (χ3v) is 4.39. The molecule has 0 unspecified atom stereocenters. The van der Waals surface area contributed by atoms with Crippen LogP contribution < -0.4 is 5.73 Å². The molecule has 148 valence electrons. The van der Waals surface area contributed by atoms with Crippen LogP contribution in [-0.4, -0.2) is 54.3 Å². The Balaban J connectivity index is 1.91. The van der Waals surface area contributed by atoms with Gasteiger partial charge in [-0.3, -0.25) is 4.79 Å². The highest BCUT2D eigenvalue weighted by atomic mass is 35.5. The van der Waals surface area contributed by atoms with Crippen LogP contribution in [0.1, 0.15) is 31.6 Å². The molecule has 0 radical (unpaired) electrons. The van der Waals surface area contributed by atoms with Crippen LogP contribution in [0.5, 0.6) is 0 Å². The lowest BCUT2D eigenvalue weighted by Crippen LogP contribution is -2.35. The fourth-order valence-electron chi connectivity index (χ4n) is 2.65. The quantitative estimate of drug-likeness (QED) is 0.556. The number of nitrogens with two attached hydrogens (primary N) is 1. The second kappa shape index (κ2) is 11.7. The third kappa shape index (κ3) is 7.28. The van der Waals surface area contributed by atoms with Crippen molar-refractivity contribution in [3.8, 4) is 11.4 Å². The molecule has 1 aromatic heterocycles. The number of aromatic nitrogens is 2. The Kier molecular flexibility index (Phi) is 9.24. The molecule has 2 N–H and O–H groups in total. The molecule has 2 rings (SSSR count). The molecule has 0 atom stereocenters. The number of ether oxygens (including phenoxy) is 1. The highest BCUT2D eigenvalue weighted by Crippen LogP contribution is 2.20. The van der Waals surface area contributed by atoms with Crippen LogP contribution >= 0.6 is 11.6 Å². The van der Waals surface area contributed by atoms with E-state index in [9.17, 15) is 4.79 Å². The maximum atomic E-state index is 12.5. The first-order valence-electron chi connectivity index (χ1n) is 9.19. The second-order valence-corrected chi connectivity index (χ2v) is 6.68. The van der Waals surface area contributed by atoms with Crippen molar-refractivity contribution in [3.63, 3.8) is 0 Å². The van der Waals surface area contributed by atoms with Gasteiger partial charge in [0.1, 0.15) is 0 Å². The Hall–Kier alpha value is -1.96. The van der Waals surface area contributed by atoms with Crippen molar-refractivity contribution >= 4 is 17.5 Å². The summed E-state index contributed by atoms with van der Waals surface area (Å²) < 4.78 is 10.4. The van der Waals surface area contributed by atoms with Crippen molar-refractivity contribution in [1.82, 2.24) is 15.0 Å². The fourth-order valence-corrected chi connectivity index (χ4v) is 2.84. The van der Waals surface area contributed by atoms with Crippen LogP contribution in [0.25, 0.3) is 11.4 Å². The Morgan fingerprint density at radius 2 is 2.15 bits per heavy atom. The average molecular weight is 395 g/mol. The lowest BCUT2D eigenvalue weighted by molar-refractivity contribution is -0.132. The van der Waals surface area contributed by atoms with Crippen molar-refractivity contribution in [1.29, 1.82) is 0 Å². The molecule has 1 heterocycles. The van der Waals surface area contributed by atoms with Crippen LogP contribution in [0.3, 0.4) is 0 Å². The van der Waals surface area contributed by atoms with Crippen LogP contribution in [0.15, 0.2) is 28.8 Å². The molecule has 0 aliphatic rings. The first kappa shape index (κ1) is 21.3. The summed E-state index contributed by atoms with van der Waals surface area (Å²) in [5, 5.41) is 4.61. The van der Waals surface area contributed by atoms with Crippen LogP contribution in [0.4, 0.5) is 0 Å². The molecule has 0 fully saturated rings. The van der Waals surface area contributed by atoms with Crippen molar-refractivity contribution < 1.29 is 14.1 Å². The minimum absolute atomic E-state index is 0.110. The molecule has 0 saturated carbocycles. The standard InChI is InChI=1S/C19H27ClN4O3/c1-26-13-12-24(18(25)8-3-2-4-10-21)11-9-17-22-19(23-27-17)15-6-5-7-16(20)14-15/h5-7,14H,2-4,8-13,21H2,1H3. The minimum Gasteiger partial charge on any atom is -0.383 e. The highest BCUT2D eigenvalue weighted by Gasteiger charge is 2.15. The Morgan fingerprint density at radius 1 is 1.30 bits per heavy atom. The third-order valence-electron chi connectivity index (χ3n) is 4.16. The summed E-state index contributed by atoms with van der Waals surface area (Å²) in [4.78, 5) is 18.6. The number of carbonyl (C=O) groups excluding carboxylic acids is 1. The number of methoxy groups -OCH3 is 1. The van der Waals surface area contributed by atoms with Gasteiger partial charge in [-0.1, -0.05) is 35.3 Å². The Morgan fingerprint density at radius 3 is 2.89 bits per heavy atom. The zero-order chi connectivity index (χ0) is 19.5. The lowest BCUT2D eigenvalue weighted by Gasteiger charge is -2.21. The molecule has 7 nitrogen and oxygen atoms in total. The van der Waals surface area contributed by atoms with E-state index in [4.69, 9.17) is 26.6 Å². The Bertz CT molecular complexity index is 708. The number of carbonyl (C=O) groups is 1.